The van der Waals surface area contributed by atoms with Crippen LogP contribution in [-0.2, 0) is 0 Å². The molecule has 0 aliphatic heterocycles. The fourth-order valence-electron chi connectivity index (χ4n) is 3.52. The van der Waals surface area contributed by atoms with Crippen molar-refractivity contribution < 1.29 is 4.39 Å². The van der Waals surface area contributed by atoms with Crippen LogP contribution in [-0.4, -0.2) is 15.0 Å². The first kappa shape index (κ1) is 18.8. The van der Waals surface area contributed by atoms with Gasteiger partial charge in [-0.15, -0.1) is 0 Å². The van der Waals surface area contributed by atoms with E-state index in [2.05, 4.69) is 4.98 Å². The number of hydrogen-bond acceptors (Lipinski definition) is 3. The number of aromatic nitrogens is 3. The molecule has 0 unspecified atom stereocenters. The van der Waals surface area contributed by atoms with Gasteiger partial charge in [-0.2, -0.15) is 0 Å². The average Bonchev–Trinajstić information content (AvgIpc) is 2.85. The van der Waals surface area contributed by atoms with Gasteiger partial charge >= 0.3 is 0 Å². The van der Waals surface area contributed by atoms with Crippen LogP contribution < -0.4 is 0 Å². The van der Waals surface area contributed by atoms with Crippen molar-refractivity contribution >= 4 is 0 Å². The molecule has 0 aliphatic rings. The van der Waals surface area contributed by atoms with Crippen LogP contribution in [0.1, 0.15) is 0 Å². The van der Waals surface area contributed by atoms with Gasteiger partial charge in [0.25, 0.3) is 0 Å². The normalized spacial score (nSPS) is 10.7. The molecular formula is C27H18FN3. The second-order valence-corrected chi connectivity index (χ2v) is 7.13. The summed E-state index contributed by atoms with van der Waals surface area (Å²) in [5.74, 6) is 0.301. The molecule has 3 aromatic carbocycles. The van der Waals surface area contributed by atoms with Crippen LogP contribution in [0.3, 0.4) is 0 Å². The minimum atomic E-state index is -0.350. The third-order valence-corrected chi connectivity index (χ3v) is 5.07. The molecule has 5 rings (SSSR count). The Hall–Kier alpha value is -4.18. The van der Waals surface area contributed by atoms with Crippen molar-refractivity contribution in [3.8, 4) is 45.0 Å². The van der Waals surface area contributed by atoms with E-state index in [9.17, 15) is 4.39 Å². The molecule has 0 aliphatic carbocycles. The molecule has 0 N–H and O–H groups in total. The summed E-state index contributed by atoms with van der Waals surface area (Å²) in [6, 6.07) is 31.3. The van der Waals surface area contributed by atoms with Gasteiger partial charge in [0.1, 0.15) is 5.82 Å². The van der Waals surface area contributed by atoms with Gasteiger partial charge in [0.2, 0.25) is 0 Å². The van der Waals surface area contributed by atoms with Crippen molar-refractivity contribution in [2.24, 2.45) is 0 Å². The van der Waals surface area contributed by atoms with E-state index in [1.807, 2.05) is 91.0 Å². The first-order chi connectivity index (χ1) is 15.3. The van der Waals surface area contributed by atoms with Crippen molar-refractivity contribution in [3.63, 3.8) is 0 Å². The number of rotatable bonds is 4. The van der Waals surface area contributed by atoms with Crippen LogP contribution in [0.15, 0.2) is 109 Å². The number of nitrogens with zero attached hydrogens (tertiary/aromatic N) is 3. The zero-order chi connectivity index (χ0) is 21.0. The summed E-state index contributed by atoms with van der Waals surface area (Å²) in [5.41, 5.74) is 5.76. The van der Waals surface area contributed by atoms with E-state index in [1.54, 1.807) is 12.3 Å². The zero-order valence-electron chi connectivity index (χ0n) is 16.6. The molecule has 0 fully saturated rings. The average molecular weight is 403 g/mol. The van der Waals surface area contributed by atoms with Crippen molar-refractivity contribution in [1.29, 1.82) is 0 Å². The second-order valence-electron chi connectivity index (χ2n) is 7.13. The molecule has 0 saturated heterocycles. The maximum atomic E-state index is 14.3. The van der Waals surface area contributed by atoms with E-state index in [0.717, 1.165) is 33.6 Å². The van der Waals surface area contributed by atoms with Crippen LogP contribution in [0, 0.1) is 5.82 Å². The fourth-order valence-corrected chi connectivity index (χ4v) is 3.52. The van der Waals surface area contributed by atoms with Crippen LogP contribution in [0.5, 0.6) is 0 Å². The molecule has 0 spiro atoms. The van der Waals surface area contributed by atoms with E-state index in [1.165, 1.54) is 6.20 Å². The standard InChI is InChI=1S/C27H18FN3/c28-24-18-29-15-14-23(24)21-12-7-13-22(16-21)26-17-25(19-8-3-1-4-9-19)30-27(31-26)20-10-5-2-6-11-20/h1-18H. The van der Waals surface area contributed by atoms with E-state index in [4.69, 9.17) is 9.97 Å². The van der Waals surface area contributed by atoms with Gasteiger partial charge in [0.15, 0.2) is 5.82 Å². The van der Waals surface area contributed by atoms with Crippen LogP contribution in [0.4, 0.5) is 4.39 Å². The Labute approximate surface area is 179 Å². The third-order valence-electron chi connectivity index (χ3n) is 5.07. The summed E-state index contributed by atoms with van der Waals surface area (Å²) in [5, 5.41) is 0. The predicted molar refractivity (Wildman–Crippen MR) is 122 cm³/mol. The molecule has 0 saturated carbocycles. The smallest absolute Gasteiger partial charge is 0.160 e. The molecular weight excluding hydrogens is 385 g/mol. The van der Waals surface area contributed by atoms with E-state index >= 15 is 0 Å². The van der Waals surface area contributed by atoms with Crippen molar-refractivity contribution in [1.82, 2.24) is 15.0 Å². The Balaban J connectivity index is 1.67. The molecule has 2 heterocycles. The largest absolute Gasteiger partial charge is 0.262 e. The molecule has 2 aromatic heterocycles. The van der Waals surface area contributed by atoms with Gasteiger partial charge in [-0.25, -0.2) is 14.4 Å². The van der Waals surface area contributed by atoms with Crippen LogP contribution in [0.2, 0.25) is 0 Å². The summed E-state index contributed by atoms with van der Waals surface area (Å²) in [6.07, 6.45) is 2.82. The van der Waals surface area contributed by atoms with Gasteiger partial charge in [-0.1, -0.05) is 78.9 Å². The molecule has 0 radical (unpaired) electrons. The van der Waals surface area contributed by atoms with Gasteiger partial charge in [-0.3, -0.25) is 4.98 Å². The van der Waals surface area contributed by atoms with E-state index in [0.29, 0.717) is 11.4 Å². The second kappa shape index (κ2) is 8.28. The Kier molecular flexibility index (Phi) is 5.03. The summed E-state index contributed by atoms with van der Waals surface area (Å²) < 4.78 is 14.3. The Morgan fingerprint density at radius 1 is 0.548 bits per heavy atom. The van der Waals surface area contributed by atoms with Gasteiger partial charge in [0, 0.05) is 28.5 Å². The lowest BCUT2D eigenvalue weighted by molar-refractivity contribution is 0.625. The van der Waals surface area contributed by atoms with E-state index in [-0.39, 0.29) is 5.82 Å². The summed E-state index contributed by atoms with van der Waals surface area (Å²) in [4.78, 5) is 13.5. The molecule has 31 heavy (non-hydrogen) atoms. The van der Waals surface area contributed by atoms with Crippen molar-refractivity contribution in [2.75, 3.05) is 0 Å². The predicted octanol–water partition coefficient (Wildman–Crippen LogP) is 6.68. The lowest BCUT2D eigenvalue weighted by atomic mass is 10.0. The highest BCUT2D eigenvalue weighted by Gasteiger charge is 2.12. The maximum Gasteiger partial charge on any atom is 0.160 e. The highest BCUT2D eigenvalue weighted by atomic mass is 19.1. The lowest BCUT2D eigenvalue weighted by Gasteiger charge is -2.10. The highest BCUT2D eigenvalue weighted by Crippen LogP contribution is 2.30. The monoisotopic (exact) mass is 403 g/mol. The topological polar surface area (TPSA) is 38.7 Å². The Morgan fingerprint density at radius 3 is 1.87 bits per heavy atom. The molecule has 3 nitrogen and oxygen atoms in total. The first-order valence-corrected chi connectivity index (χ1v) is 9.98. The third kappa shape index (κ3) is 3.96. The fraction of sp³-hybridized carbons (Fsp3) is 0. The lowest BCUT2D eigenvalue weighted by Crippen LogP contribution is -1.96. The number of halogens is 1. The number of hydrogen-bond donors (Lipinski definition) is 0. The quantitative estimate of drug-likeness (QED) is 0.336. The Bertz CT molecular complexity index is 1280. The molecule has 4 heteroatoms. The number of pyridine rings is 1. The summed E-state index contributed by atoms with van der Waals surface area (Å²) in [7, 11) is 0. The highest BCUT2D eigenvalue weighted by molar-refractivity contribution is 5.75. The van der Waals surface area contributed by atoms with Gasteiger partial charge in [-0.05, 0) is 23.8 Å². The van der Waals surface area contributed by atoms with Crippen molar-refractivity contribution in [2.45, 2.75) is 0 Å². The summed E-state index contributed by atoms with van der Waals surface area (Å²) in [6.45, 7) is 0. The molecule has 0 atom stereocenters. The summed E-state index contributed by atoms with van der Waals surface area (Å²) >= 11 is 0. The first-order valence-electron chi connectivity index (χ1n) is 9.98. The maximum absolute atomic E-state index is 14.3. The van der Waals surface area contributed by atoms with Gasteiger partial charge in [0.05, 0.1) is 17.6 Å². The zero-order valence-corrected chi connectivity index (χ0v) is 16.6. The van der Waals surface area contributed by atoms with Crippen LogP contribution >= 0.6 is 0 Å². The van der Waals surface area contributed by atoms with E-state index < -0.39 is 0 Å². The molecule has 148 valence electrons. The molecule has 5 aromatic rings. The minimum absolute atomic E-state index is 0.350. The molecule has 0 amide bonds. The number of benzene rings is 3. The molecule has 0 bridgehead atoms. The SMILES string of the molecule is Fc1cnccc1-c1cccc(-c2cc(-c3ccccc3)nc(-c3ccccc3)n2)c1. The van der Waals surface area contributed by atoms with Crippen molar-refractivity contribution in [3.05, 3.63) is 115 Å². The minimum Gasteiger partial charge on any atom is -0.262 e. The van der Waals surface area contributed by atoms with Crippen LogP contribution in [0.25, 0.3) is 45.0 Å². The Morgan fingerprint density at radius 2 is 1.16 bits per heavy atom. The van der Waals surface area contributed by atoms with Gasteiger partial charge < -0.3 is 0 Å².